The van der Waals surface area contributed by atoms with Crippen molar-refractivity contribution in [2.24, 2.45) is 0 Å². The molecule has 1 N–H and O–H groups in total. The van der Waals surface area contributed by atoms with Crippen LogP contribution in [0.5, 0.6) is 0 Å². The van der Waals surface area contributed by atoms with Gasteiger partial charge in [-0.25, -0.2) is 4.98 Å². The maximum atomic E-state index is 13.0. The zero-order chi connectivity index (χ0) is 21.3. The number of carbonyl (C=O) groups is 2. The van der Waals surface area contributed by atoms with Crippen molar-refractivity contribution >= 4 is 28.5 Å². The highest BCUT2D eigenvalue weighted by Gasteiger charge is 2.24. The van der Waals surface area contributed by atoms with Gasteiger partial charge >= 0.3 is 0 Å². The monoisotopic (exact) mass is 404 g/mol. The Morgan fingerprint density at radius 3 is 2.60 bits per heavy atom. The molecule has 3 heterocycles. The van der Waals surface area contributed by atoms with Crippen molar-refractivity contribution in [2.75, 3.05) is 18.4 Å². The Labute approximate surface area is 174 Å². The standard InChI is InChI=1S/C23H24N4O3/c1-15-6-5-7-17(12-15)25-20(28)14-27-13-19(23(30)26-10-3-4-11-26)21(29)18-9-8-16(2)24-22(18)27/h5-9,12-13H,3-4,10-11,14H2,1-2H3,(H,25,28). The molecule has 0 aliphatic carbocycles. The van der Waals surface area contributed by atoms with Crippen LogP contribution in [0.2, 0.25) is 0 Å². The van der Waals surface area contributed by atoms with Gasteiger partial charge in [-0.3, -0.25) is 14.4 Å². The van der Waals surface area contributed by atoms with Crippen molar-refractivity contribution in [1.29, 1.82) is 0 Å². The van der Waals surface area contributed by atoms with Crippen LogP contribution in [0.15, 0.2) is 47.4 Å². The Morgan fingerprint density at radius 2 is 1.87 bits per heavy atom. The van der Waals surface area contributed by atoms with Crippen LogP contribution in [-0.2, 0) is 11.3 Å². The second-order valence-electron chi connectivity index (χ2n) is 7.74. The van der Waals surface area contributed by atoms with Gasteiger partial charge in [0, 0.05) is 30.7 Å². The number of aryl methyl sites for hydroxylation is 2. The number of amides is 2. The van der Waals surface area contributed by atoms with E-state index in [0.29, 0.717) is 29.8 Å². The molecule has 1 aliphatic heterocycles. The Bertz CT molecular complexity index is 1190. The van der Waals surface area contributed by atoms with E-state index < -0.39 is 0 Å². The van der Waals surface area contributed by atoms with Gasteiger partial charge in [0.15, 0.2) is 0 Å². The quantitative estimate of drug-likeness (QED) is 0.725. The number of carbonyl (C=O) groups excluding carboxylic acids is 2. The third-order valence-corrected chi connectivity index (χ3v) is 5.30. The van der Waals surface area contributed by atoms with Crippen molar-refractivity contribution in [3.63, 3.8) is 0 Å². The topological polar surface area (TPSA) is 84.3 Å². The molecule has 1 aromatic carbocycles. The summed E-state index contributed by atoms with van der Waals surface area (Å²) in [5.74, 6) is -0.541. The van der Waals surface area contributed by atoms with Crippen LogP contribution in [-0.4, -0.2) is 39.4 Å². The number of hydrogen-bond acceptors (Lipinski definition) is 4. The fourth-order valence-corrected chi connectivity index (χ4v) is 3.80. The van der Waals surface area contributed by atoms with E-state index in [1.807, 2.05) is 38.1 Å². The van der Waals surface area contributed by atoms with Crippen LogP contribution in [0.3, 0.4) is 0 Å². The first-order chi connectivity index (χ1) is 14.4. The molecule has 3 aromatic rings. The Hall–Kier alpha value is -3.48. The van der Waals surface area contributed by atoms with Gasteiger partial charge in [-0.2, -0.15) is 0 Å². The third kappa shape index (κ3) is 3.96. The summed E-state index contributed by atoms with van der Waals surface area (Å²) in [4.78, 5) is 44.8. The molecule has 0 bridgehead atoms. The van der Waals surface area contributed by atoms with Crippen LogP contribution >= 0.6 is 0 Å². The van der Waals surface area contributed by atoms with E-state index in [-0.39, 0.29) is 29.4 Å². The number of likely N-dealkylation sites (tertiary alicyclic amines) is 1. The molecule has 154 valence electrons. The molecule has 0 unspecified atom stereocenters. The number of rotatable bonds is 4. The molecule has 7 nitrogen and oxygen atoms in total. The third-order valence-electron chi connectivity index (χ3n) is 5.30. The van der Waals surface area contributed by atoms with Gasteiger partial charge in [0.2, 0.25) is 11.3 Å². The first-order valence-corrected chi connectivity index (χ1v) is 10.1. The van der Waals surface area contributed by atoms with Crippen LogP contribution in [0.1, 0.15) is 34.5 Å². The molecule has 4 rings (SSSR count). The van der Waals surface area contributed by atoms with Gasteiger partial charge in [-0.05, 0) is 56.5 Å². The Balaban J connectivity index is 1.72. The van der Waals surface area contributed by atoms with Crippen LogP contribution in [0.4, 0.5) is 5.69 Å². The molecule has 7 heteroatoms. The molecule has 0 spiro atoms. The average molecular weight is 404 g/mol. The highest BCUT2D eigenvalue weighted by Crippen LogP contribution is 2.16. The van der Waals surface area contributed by atoms with E-state index >= 15 is 0 Å². The predicted molar refractivity (Wildman–Crippen MR) is 116 cm³/mol. The van der Waals surface area contributed by atoms with E-state index in [1.54, 1.807) is 21.6 Å². The molecule has 2 aromatic heterocycles. The van der Waals surface area contributed by atoms with Crippen molar-refractivity contribution < 1.29 is 9.59 Å². The molecule has 0 atom stereocenters. The van der Waals surface area contributed by atoms with E-state index in [2.05, 4.69) is 10.3 Å². The zero-order valence-corrected chi connectivity index (χ0v) is 17.1. The van der Waals surface area contributed by atoms with E-state index in [1.165, 1.54) is 6.20 Å². The highest BCUT2D eigenvalue weighted by molar-refractivity contribution is 5.97. The minimum Gasteiger partial charge on any atom is -0.338 e. The molecule has 0 radical (unpaired) electrons. The van der Waals surface area contributed by atoms with Gasteiger partial charge in [0.1, 0.15) is 17.8 Å². The number of pyridine rings is 2. The summed E-state index contributed by atoms with van der Waals surface area (Å²) in [6, 6.07) is 10.9. The number of nitrogens with zero attached hydrogens (tertiary/aromatic N) is 3. The van der Waals surface area contributed by atoms with Crippen LogP contribution in [0.25, 0.3) is 11.0 Å². The Morgan fingerprint density at radius 1 is 1.10 bits per heavy atom. The number of fused-ring (bicyclic) bond motifs is 1. The molecule has 0 saturated carbocycles. The predicted octanol–water partition coefficient (Wildman–Crippen LogP) is 2.89. The van der Waals surface area contributed by atoms with E-state index in [9.17, 15) is 14.4 Å². The van der Waals surface area contributed by atoms with Gasteiger partial charge in [-0.1, -0.05) is 12.1 Å². The summed E-state index contributed by atoms with van der Waals surface area (Å²) in [7, 11) is 0. The normalized spacial score (nSPS) is 13.6. The van der Waals surface area contributed by atoms with Crippen molar-refractivity contribution in [1.82, 2.24) is 14.5 Å². The summed E-state index contributed by atoms with van der Waals surface area (Å²) in [5, 5.41) is 3.21. The molecule has 1 saturated heterocycles. The number of anilines is 1. The molecule has 30 heavy (non-hydrogen) atoms. The molecule has 1 fully saturated rings. The summed E-state index contributed by atoms with van der Waals surface area (Å²) >= 11 is 0. The molecule has 2 amide bonds. The molecular formula is C23H24N4O3. The smallest absolute Gasteiger partial charge is 0.259 e. The molecule has 1 aliphatic rings. The number of hydrogen-bond donors (Lipinski definition) is 1. The minimum atomic E-state index is -0.343. The maximum Gasteiger partial charge on any atom is 0.259 e. The largest absolute Gasteiger partial charge is 0.338 e. The van der Waals surface area contributed by atoms with E-state index in [4.69, 9.17) is 0 Å². The number of benzene rings is 1. The zero-order valence-electron chi connectivity index (χ0n) is 17.1. The number of nitrogens with one attached hydrogen (secondary N) is 1. The van der Waals surface area contributed by atoms with Gasteiger partial charge in [0.25, 0.3) is 5.91 Å². The SMILES string of the molecule is Cc1cccc(NC(=O)Cn2cc(C(=O)N3CCCC3)c(=O)c3ccc(C)nc32)c1. The summed E-state index contributed by atoms with van der Waals surface area (Å²) in [5.41, 5.74) is 2.61. The fraction of sp³-hybridized carbons (Fsp3) is 0.304. The second kappa shape index (κ2) is 8.10. The van der Waals surface area contributed by atoms with Gasteiger partial charge in [0.05, 0.1) is 5.39 Å². The van der Waals surface area contributed by atoms with Crippen molar-refractivity contribution in [3.8, 4) is 0 Å². The maximum absolute atomic E-state index is 13.0. The summed E-state index contributed by atoms with van der Waals surface area (Å²) < 4.78 is 1.60. The summed E-state index contributed by atoms with van der Waals surface area (Å²) in [6.07, 6.45) is 3.36. The van der Waals surface area contributed by atoms with Crippen molar-refractivity contribution in [2.45, 2.75) is 33.2 Å². The lowest BCUT2D eigenvalue weighted by atomic mass is 10.1. The highest BCUT2D eigenvalue weighted by atomic mass is 16.2. The Kier molecular flexibility index (Phi) is 5.35. The fourth-order valence-electron chi connectivity index (χ4n) is 3.80. The lowest BCUT2D eigenvalue weighted by molar-refractivity contribution is -0.116. The molecular weight excluding hydrogens is 380 g/mol. The lowest BCUT2D eigenvalue weighted by Crippen LogP contribution is -2.33. The average Bonchev–Trinajstić information content (AvgIpc) is 3.24. The summed E-state index contributed by atoms with van der Waals surface area (Å²) in [6.45, 7) is 5.02. The number of aromatic nitrogens is 2. The lowest BCUT2D eigenvalue weighted by Gasteiger charge is -2.17. The van der Waals surface area contributed by atoms with Crippen LogP contribution < -0.4 is 10.7 Å². The van der Waals surface area contributed by atoms with Gasteiger partial charge in [-0.15, -0.1) is 0 Å². The first-order valence-electron chi connectivity index (χ1n) is 10.1. The second-order valence-corrected chi connectivity index (χ2v) is 7.74. The van der Waals surface area contributed by atoms with Crippen LogP contribution in [0, 0.1) is 13.8 Å². The van der Waals surface area contributed by atoms with E-state index in [0.717, 1.165) is 24.1 Å². The van der Waals surface area contributed by atoms with Crippen molar-refractivity contribution in [3.05, 3.63) is 69.6 Å². The minimum absolute atomic E-state index is 0.0541. The first kappa shape index (κ1) is 19.8. The van der Waals surface area contributed by atoms with Gasteiger partial charge < -0.3 is 14.8 Å².